The van der Waals surface area contributed by atoms with Crippen LogP contribution in [0.5, 0.6) is 11.5 Å². The van der Waals surface area contributed by atoms with E-state index in [2.05, 4.69) is 11.1 Å². The third-order valence-corrected chi connectivity index (χ3v) is 4.70. The Balaban J connectivity index is 2.25. The van der Waals surface area contributed by atoms with Gasteiger partial charge >= 0.3 is 0 Å². The summed E-state index contributed by atoms with van der Waals surface area (Å²) in [7, 11) is 3.26. The summed E-state index contributed by atoms with van der Waals surface area (Å²) in [5, 5.41) is 9.66. The first-order chi connectivity index (χ1) is 11.2. The van der Waals surface area contributed by atoms with Gasteiger partial charge in [0, 0.05) is 11.3 Å². The van der Waals surface area contributed by atoms with E-state index in [4.69, 9.17) is 21.7 Å². The number of fused-ring (bicyclic) bond motifs is 1. The maximum atomic E-state index is 9.66. The zero-order valence-corrected chi connectivity index (χ0v) is 14.1. The van der Waals surface area contributed by atoms with Gasteiger partial charge in [-0.1, -0.05) is 12.2 Å². The minimum atomic E-state index is -0.511. The van der Waals surface area contributed by atoms with Crippen LogP contribution in [0.2, 0.25) is 0 Å². The molecule has 1 fully saturated rings. The summed E-state index contributed by atoms with van der Waals surface area (Å²) in [6.45, 7) is 0. The normalized spacial score (nSPS) is 20.5. The Bertz CT molecular complexity index is 759. The van der Waals surface area contributed by atoms with Crippen LogP contribution >= 0.6 is 12.2 Å². The van der Waals surface area contributed by atoms with Crippen molar-refractivity contribution in [3.63, 3.8) is 0 Å². The molecule has 1 aromatic carbocycles. The Morgan fingerprint density at radius 2 is 2.00 bits per heavy atom. The topological polar surface area (TPSA) is 54.6 Å². The van der Waals surface area contributed by atoms with Gasteiger partial charge in [-0.05, 0) is 55.0 Å². The van der Waals surface area contributed by atoms with Crippen LogP contribution in [0, 0.1) is 17.2 Å². The molecule has 0 aromatic heterocycles. The minimum absolute atomic E-state index is 0.452. The number of rotatable bonds is 3. The summed E-state index contributed by atoms with van der Waals surface area (Å²) in [6, 6.07) is 7.97. The van der Waals surface area contributed by atoms with Gasteiger partial charge in [0.05, 0.1) is 20.3 Å². The minimum Gasteiger partial charge on any atom is -0.497 e. The second kappa shape index (κ2) is 6.51. The molecule has 1 aliphatic heterocycles. The highest BCUT2D eigenvalue weighted by molar-refractivity contribution is 7.80. The van der Waals surface area contributed by atoms with Gasteiger partial charge in [0.15, 0.2) is 0 Å². The second-order valence-corrected chi connectivity index (χ2v) is 6.04. The largest absolute Gasteiger partial charge is 0.497 e. The van der Waals surface area contributed by atoms with Gasteiger partial charge in [-0.3, -0.25) is 0 Å². The van der Waals surface area contributed by atoms with Crippen LogP contribution in [-0.2, 0) is 0 Å². The first kappa shape index (κ1) is 15.7. The highest BCUT2D eigenvalue weighted by atomic mass is 32.1. The molecule has 1 aliphatic carbocycles. The molecule has 5 heteroatoms. The van der Waals surface area contributed by atoms with Crippen molar-refractivity contribution in [2.75, 3.05) is 14.2 Å². The number of aliphatic imine (C=N–C) groups is 1. The van der Waals surface area contributed by atoms with Crippen LogP contribution in [0.25, 0.3) is 5.57 Å². The van der Waals surface area contributed by atoms with E-state index < -0.39 is 5.92 Å². The number of hydrogen-bond donors (Lipinski definition) is 0. The van der Waals surface area contributed by atoms with Gasteiger partial charge in [0.1, 0.15) is 22.4 Å². The number of methoxy groups -OCH3 is 2. The fourth-order valence-electron chi connectivity index (χ4n) is 3.26. The van der Waals surface area contributed by atoms with Crippen molar-refractivity contribution in [1.29, 1.82) is 5.26 Å². The standard InChI is InChI=1S/C18H18N2O2S/c1-21-11-7-8-16(22-2)13(9-11)17-12-5-3-4-6-15(12)20-18(23)14(17)10-19/h7-9,14H,3-6H2,1-2H3. The van der Waals surface area contributed by atoms with Crippen molar-refractivity contribution < 1.29 is 9.47 Å². The molecule has 0 amide bonds. The van der Waals surface area contributed by atoms with Crippen LogP contribution in [-0.4, -0.2) is 24.9 Å². The van der Waals surface area contributed by atoms with Crippen LogP contribution in [0.15, 0.2) is 28.8 Å². The van der Waals surface area contributed by atoms with E-state index in [1.807, 2.05) is 18.2 Å². The number of dihydropyridines is 1. The molecule has 0 spiro atoms. The van der Waals surface area contributed by atoms with E-state index >= 15 is 0 Å². The van der Waals surface area contributed by atoms with Gasteiger partial charge in [-0.15, -0.1) is 0 Å². The molecule has 1 atom stereocenters. The van der Waals surface area contributed by atoms with E-state index in [0.29, 0.717) is 4.99 Å². The average molecular weight is 326 g/mol. The molecule has 0 saturated heterocycles. The van der Waals surface area contributed by atoms with Crippen molar-refractivity contribution in [2.45, 2.75) is 25.7 Å². The Hall–Kier alpha value is -2.19. The molecule has 1 heterocycles. The lowest BCUT2D eigenvalue weighted by Crippen LogP contribution is -2.25. The number of hydrogen-bond acceptors (Lipinski definition) is 4. The highest BCUT2D eigenvalue weighted by Gasteiger charge is 2.33. The molecule has 0 N–H and O–H groups in total. The van der Waals surface area contributed by atoms with Crippen molar-refractivity contribution in [3.8, 4) is 17.6 Å². The Morgan fingerprint density at radius 1 is 1.22 bits per heavy atom. The Kier molecular flexibility index (Phi) is 4.44. The van der Waals surface area contributed by atoms with Crippen LogP contribution < -0.4 is 9.47 Å². The smallest absolute Gasteiger partial charge is 0.126 e. The molecule has 118 valence electrons. The van der Waals surface area contributed by atoms with Gasteiger partial charge in [-0.25, -0.2) is 4.99 Å². The molecular weight excluding hydrogens is 308 g/mol. The summed E-state index contributed by atoms with van der Waals surface area (Å²) in [5.74, 6) is 0.947. The number of allylic oxidation sites excluding steroid dienone is 1. The van der Waals surface area contributed by atoms with Crippen molar-refractivity contribution >= 4 is 28.5 Å². The van der Waals surface area contributed by atoms with Gasteiger partial charge < -0.3 is 9.47 Å². The van der Waals surface area contributed by atoms with Crippen molar-refractivity contribution in [2.24, 2.45) is 10.9 Å². The highest BCUT2D eigenvalue weighted by Crippen LogP contribution is 2.42. The molecule has 3 rings (SSSR count). The van der Waals surface area contributed by atoms with E-state index in [9.17, 15) is 5.26 Å². The van der Waals surface area contributed by atoms with Crippen LogP contribution in [0.4, 0.5) is 0 Å². The van der Waals surface area contributed by atoms with E-state index in [0.717, 1.165) is 59.6 Å². The maximum Gasteiger partial charge on any atom is 0.126 e. The first-order valence-corrected chi connectivity index (χ1v) is 8.07. The molecule has 1 saturated carbocycles. The van der Waals surface area contributed by atoms with Gasteiger partial charge in [-0.2, -0.15) is 5.26 Å². The first-order valence-electron chi connectivity index (χ1n) is 7.66. The average Bonchev–Trinajstić information content (AvgIpc) is 2.59. The monoisotopic (exact) mass is 326 g/mol. The molecular formula is C18H18N2O2S. The summed E-state index contributed by atoms with van der Waals surface area (Å²) in [5.41, 5.74) is 4.01. The van der Waals surface area contributed by atoms with E-state index in [-0.39, 0.29) is 0 Å². The third kappa shape index (κ3) is 2.75. The van der Waals surface area contributed by atoms with Crippen LogP contribution in [0.3, 0.4) is 0 Å². The number of nitrogens with zero attached hydrogens (tertiary/aromatic N) is 2. The summed E-state index contributed by atoms with van der Waals surface area (Å²) >= 11 is 5.40. The Labute approximate surface area is 141 Å². The van der Waals surface area contributed by atoms with E-state index in [1.54, 1.807) is 14.2 Å². The Morgan fingerprint density at radius 3 is 2.70 bits per heavy atom. The molecule has 1 aromatic rings. The lowest BCUT2D eigenvalue weighted by molar-refractivity contribution is 0.402. The third-order valence-electron chi connectivity index (χ3n) is 4.37. The maximum absolute atomic E-state index is 9.66. The second-order valence-electron chi connectivity index (χ2n) is 5.62. The molecule has 2 aliphatic rings. The predicted molar refractivity (Wildman–Crippen MR) is 94.1 cm³/mol. The SMILES string of the molecule is COc1ccc(OC)c(C2=C3CCCCC3=NC(=S)C2C#N)c1. The lowest BCUT2D eigenvalue weighted by Gasteiger charge is -2.29. The summed E-state index contributed by atoms with van der Waals surface area (Å²) < 4.78 is 10.9. The zero-order valence-electron chi connectivity index (χ0n) is 13.3. The predicted octanol–water partition coefficient (Wildman–Crippen LogP) is 3.95. The number of benzene rings is 1. The molecule has 0 radical (unpaired) electrons. The van der Waals surface area contributed by atoms with Crippen LogP contribution in [0.1, 0.15) is 31.2 Å². The van der Waals surface area contributed by atoms with Crippen molar-refractivity contribution in [1.82, 2.24) is 0 Å². The fraction of sp³-hybridized carbons (Fsp3) is 0.389. The quantitative estimate of drug-likeness (QED) is 0.789. The molecule has 0 bridgehead atoms. The fourth-order valence-corrected chi connectivity index (χ4v) is 3.54. The summed E-state index contributed by atoms with van der Waals surface area (Å²) in [6.07, 6.45) is 4.07. The van der Waals surface area contributed by atoms with Gasteiger partial charge in [0.25, 0.3) is 0 Å². The molecule has 4 nitrogen and oxygen atoms in total. The van der Waals surface area contributed by atoms with Gasteiger partial charge in [0.2, 0.25) is 0 Å². The number of thiocarbonyl (C=S) groups is 1. The number of ether oxygens (including phenoxy) is 2. The lowest BCUT2D eigenvalue weighted by atomic mass is 9.79. The van der Waals surface area contributed by atoms with Crippen molar-refractivity contribution in [3.05, 3.63) is 29.3 Å². The zero-order chi connectivity index (χ0) is 16.4. The number of nitriles is 1. The summed E-state index contributed by atoms with van der Waals surface area (Å²) in [4.78, 5) is 4.98. The van der Waals surface area contributed by atoms with E-state index in [1.165, 1.54) is 0 Å². The molecule has 1 unspecified atom stereocenters. The molecule has 23 heavy (non-hydrogen) atoms.